The molecule has 0 N–H and O–H groups in total. The maximum Gasteiger partial charge on any atom is 0.500 e. The van der Waals surface area contributed by atoms with Gasteiger partial charge in [-0.2, -0.15) is 0 Å². The van der Waals surface area contributed by atoms with Gasteiger partial charge < -0.3 is 18.0 Å². The highest BCUT2D eigenvalue weighted by Gasteiger charge is 2.36. The predicted molar refractivity (Wildman–Crippen MR) is 97.3 cm³/mol. The maximum atomic E-state index is 12.1. The average molecular weight is 350 g/mol. The second-order valence-corrected chi connectivity index (χ2v) is 8.25. The first-order chi connectivity index (χ1) is 11.5. The van der Waals surface area contributed by atoms with Crippen molar-refractivity contribution in [3.05, 3.63) is 48.6 Å². The second kappa shape index (κ2) is 10.2. The average Bonchev–Trinajstić information content (AvgIpc) is 2.64. The van der Waals surface area contributed by atoms with E-state index < -0.39 is 14.8 Å². The van der Waals surface area contributed by atoms with Gasteiger partial charge in [0, 0.05) is 27.4 Å². The summed E-state index contributed by atoms with van der Waals surface area (Å²) in [6.07, 6.45) is 3.18. The maximum absolute atomic E-state index is 12.1. The first-order valence-corrected chi connectivity index (χ1v) is 9.70. The third-order valence-corrected chi connectivity index (χ3v) is 6.63. The minimum absolute atomic E-state index is 0.315. The molecule has 0 amide bonds. The van der Waals surface area contributed by atoms with Gasteiger partial charge in [-0.1, -0.05) is 43.5 Å². The van der Waals surface area contributed by atoms with E-state index in [0.29, 0.717) is 24.6 Å². The normalized spacial score (nSPS) is 11.1. The SMILES string of the molecule is C=Cc1ccccc1C(=C)C(=O)OCCCC[Si](OC)(OC)OC. The number of rotatable bonds is 11. The van der Waals surface area contributed by atoms with Gasteiger partial charge in [0.25, 0.3) is 0 Å². The zero-order valence-electron chi connectivity index (χ0n) is 14.7. The number of carbonyl (C=O) groups is 1. The van der Waals surface area contributed by atoms with Gasteiger partial charge in [-0.05, 0) is 24.0 Å². The van der Waals surface area contributed by atoms with Crippen LogP contribution < -0.4 is 0 Å². The molecule has 24 heavy (non-hydrogen) atoms. The van der Waals surface area contributed by atoms with Crippen molar-refractivity contribution in [3.8, 4) is 0 Å². The summed E-state index contributed by atoms with van der Waals surface area (Å²) in [7, 11) is 2.20. The van der Waals surface area contributed by atoms with Crippen LogP contribution in [0, 0.1) is 0 Å². The summed E-state index contributed by atoms with van der Waals surface area (Å²) in [5.74, 6) is -0.418. The molecule has 1 aromatic rings. The molecule has 6 heteroatoms. The van der Waals surface area contributed by atoms with Crippen LogP contribution in [0.5, 0.6) is 0 Å². The van der Waals surface area contributed by atoms with Crippen LogP contribution >= 0.6 is 0 Å². The summed E-state index contributed by atoms with van der Waals surface area (Å²) in [4.78, 5) is 12.1. The van der Waals surface area contributed by atoms with Gasteiger partial charge in [0.05, 0.1) is 12.2 Å². The molecule has 0 spiro atoms. The molecule has 0 aromatic heterocycles. The summed E-state index contributed by atoms with van der Waals surface area (Å²) in [5.41, 5.74) is 1.93. The Bertz CT molecular complexity index is 558. The topological polar surface area (TPSA) is 54.0 Å². The molecule has 132 valence electrons. The Balaban J connectivity index is 2.44. The van der Waals surface area contributed by atoms with Crippen LogP contribution in [0.15, 0.2) is 37.4 Å². The monoisotopic (exact) mass is 350 g/mol. The first kappa shape index (κ1) is 20.3. The number of carbonyl (C=O) groups excluding carboxylic acids is 1. The van der Waals surface area contributed by atoms with Gasteiger partial charge in [0.2, 0.25) is 0 Å². The Labute approximate surface area is 145 Å². The minimum atomic E-state index is -2.55. The van der Waals surface area contributed by atoms with Crippen LogP contribution in [-0.2, 0) is 22.8 Å². The Morgan fingerprint density at radius 2 is 1.75 bits per heavy atom. The van der Waals surface area contributed by atoms with Gasteiger partial charge in [-0.3, -0.25) is 0 Å². The van der Waals surface area contributed by atoms with Crippen molar-refractivity contribution in [2.45, 2.75) is 18.9 Å². The quantitative estimate of drug-likeness (QED) is 0.264. The lowest BCUT2D eigenvalue weighted by Crippen LogP contribution is -2.42. The molecule has 5 nitrogen and oxygen atoms in total. The molecule has 0 heterocycles. The van der Waals surface area contributed by atoms with Crippen molar-refractivity contribution in [1.82, 2.24) is 0 Å². The molecule has 0 aliphatic rings. The lowest BCUT2D eigenvalue weighted by Gasteiger charge is -2.24. The standard InChI is InChI=1S/C18H26O5Si/c1-6-16-11-7-8-12-17(16)15(2)18(19)23-13-9-10-14-24(20-3,21-4)22-5/h6-8,11-12H,1-2,9-10,13-14H2,3-5H3. The number of esters is 1. The van der Waals surface area contributed by atoms with Gasteiger partial charge >= 0.3 is 14.8 Å². The van der Waals surface area contributed by atoms with Crippen LogP contribution in [0.1, 0.15) is 24.0 Å². The molecule has 0 bridgehead atoms. The fourth-order valence-corrected chi connectivity index (χ4v) is 4.11. The van der Waals surface area contributed by atoms with Gasteiger partial charge in [0.15, 0.2) is 0 Å². The molecule has 1 aromatic carbocycles. The molecule has 0 atom stereocenters. The van der Waals surface area contributed by atoms with Crippen molar-refractivity contribution in [1.29, 1.82) is 0 Å². The van der Waals surface area contributed by atoms with E-state index in [2.05, 4.69) is 13.2 Å². The smallest absolute Gasteiger partial charge is 0.462 e. The highest BCUT2D eigenvalue weighted by molar-refractivity contribution is 6.60. The summed E-state index contributed by atoms with van der Waals surface area (Å²) in [5, 5.41) is 0. The second-order valence-electron chi connectivity index (χ2n) is 5.16. The fourth-order valence-electron chi connectivity index (χ4n) is 2.31. The van der Waals surface area contributed by atoms with Crippen LogP contribution in [-0.4, -0.2) is 42.7 Å². The third-order valence-electron chi connectivity index (χ3n) is 3.80. The summed E-state index contributed by atoms with van der Waals surface area (Å²) in [6, 6.07) is 8.12. The molecular weight excluding hydrogens is 324 g/mol. The van der Waals surface area contributed by atoms with Gasteiger partial charge in [-0.15, -0.1) is 0 Å². The molecule has 1 rings (SSSR count). The number of ether oxygens (including phenoxy) is 1. The van der Waals surface area contributed by atoms with E-state index in [-0.39, 0.29) is 0 Å². The van der Waals surface area contributed by atoms with Crippen molar-refractivity contribution in [3.63, 3.8) is 0 Å². The Morgan fingerprint density at radius 3 is 2.33 bits per heavy atom. The minimum Gasteiger partial charge on any atom is -0.462 e. The predicted octanol–water partition coefficient (Wildman–Crippen LogP) is 3.54. The molecule has 0 saturated heterocycles. The van der Waals surface area contributed by atoms with E-state index in [4.69, 9.17) is 18.0 Å². The first-order valence-electron chi connectivity index (χ1n) is 7.77. The van der Waals surface area contributed by atoms with Gasteiger partial charge in [0.1, 0.15) is 0 Å². The van der Waals surface area contributed by atoms with Crippen LogP contribution in [0.4, 0.5) is 0 Å². The van der Waals surface area contributed by atoms with Crippen LogP contribution in [0.2, 0.25) is 6.04 Å². The molecule has 0 unspecified atom stereocenters. The Kier molecular flexibility index (Phi) is 8.63. The highest BCUT2D eigenvalue weighted by Crippen LogP contribution is 2.20. The van der Waals surface area contributed by atoms with E-state index in [0.717, 1.165) is 17.5 Å². The molecule has 0 fully saturated rings. The molecular formula is C18H26O5Si. The van der Waals surface area contributed by atoms with Crippen LogP contribution in [0.25, 0.3) is 11.6 Å². The van der Waals surface area contributed by atoms with E-state index >= 15 is 0 Å². The molecule has 0 saturated carbocycles. The molecule has 0 aliphatic heterocycles. The molecule has 0 radical (unpaired) electrons. The number of hydrogen-bond donors (Lipinski definition) is 0. The van der Waals surface area contributed by atoms with E-state index in [9.17, 15) is 4.79 Å². The van der Waals surface area contributed by atoms with Crippen LogP contribution in [0.3, 0.4) is 0 Å². The lowest BCUT2D eigenvalue weighted by atomic mass is 10.0. The zero-order chi connectivity index (χ0) is 18.0. The van der Waals surface area contributed by atoms with Crippen molar-refractivity contribution < 1.29 is 22.8 Å². The van der Waals surface area contributed by atoms with E-state index in [1.165, 1.54) is 0 Å². The zero-order valence-corrected chi connectivity index (χ0v) is 15.7. The summed E-state index contributed by atoms with van der Waals surface area (Å²) in [6.45, 7) is 7.89. The summed E-state index contributed by atoms with van der Waals surface area (Å²) >= 11 is 0. The number of unbranched alkanes of at least 4 members (excludes halogenated alkanes) is 1. The van der Waals surface area contributed by atoms with E-state index in [1.807, 2.05) is 24.3 Å². The number of benzene rings is 1. The van der Waals surface area contributed by atoms with Crippen molar-refractivity contribution in [2.75, 3.05) is 27.9 Å². The van der Waals surface area contributed by atoms with Crippen molar-refractivity contribution in [2.24, 2.45) is 0 Å². The fraction of sp³-hybridized carbons (Fsp3) is 0.389. The van der Waals surface area contributed by atoms with Gasteiger partial charge in [-0.25, -0.2) is 4.79 Å². The third kappa shape index (κ3) is 5.42. The van der Waals surface area contributed by atoms with E-state index in [1.54, 1.807) is 27.4 Å². The highest BCUT2D eigenvalue weighted by atomic mass is 28.4. The lowest BCUT2D eigenvalue weighted by molar-refractivity contribution is -0.136. The van der Waals surface area contributed by atoms with Crippen molar-refractivity contribution >= 4 is 26.4 Å². The summed E-state index contributed by atoms with van der Waals surface area (Å²) < 4.78 is 21.3. The number of hydrogen-bond acceptors (Lipinski definition) is 5. The molecule has 0 aliphatic carbocycles. The Morgan fingerprint density at radius 1 is 1.12 bits per heavy atom. The Hall–Kier alpha value is -1.73. The largest absolute Gasteiger partial charge is 0.500 e.